The van der Waals surface area contributed by atoms with Gasteiger partial charge in [0.05, 0.1) is 0 Å². The summed E-state index contributed by atoms with van der Waals surface area (Å²) < 4.78 is 6.45. The molecule has 1 heterocycles. The van der Waals surface area contributed by atoms with Crippen LogP contribution in [0.25, 0.3) is 22.2 Å². The minimum atomic E-state index is -1.08. The topological polar surface area (TPSA) is 63.3 Å². The van der Waals surface area contributed by atoms with E-state index in [1.54, 1.807) is 6.92 Å². The number of oxazole rings is 1. The maximum atomic E-state index is 11.0. The number of carboxylic acids is 1. The summed E-state index contributed by atoms with van der Waals surface area (Å²) in [6.45, 7) is 1.60. The van der Waals surface area contributed by atoms with E-state index in [1.807, 2.05) is 36.4 Å². The van der Waals surface area contributed by atoms with Gasteiger partial charge in [-0.3, -0.25) is 0 Å². The molecule has 2 aromatic carbocycles. The molecule has 100 valence electrons. The Labute approximate surface area is 123 Å². The number of hydrogen-bond donors (Lipinski definition) is 1. The normalized spacial score (nSPS) is 10.9. The lowest BCUT2D eigenvalue weighted by Crippen LogP contribution is -1.98. The molecule has 0 aliphatic heterocycles. The molecule has 0 unspecified atom stereocenters. The molecule has 0 spiro atoms. The van der Waals surface area contributed by atoms with Crippen molar-refractivity contribution in [1.82, 2.24) is 4.98 Å². The lowest BCUT2D eigenvalue weighted by Gasteiger charge is -2.01. The van der Waals surface area contributed by atoms with Crippen LogP contribution in [0.15, 0.2) is 45.3 Å². The number of carboxylic acid groups (broad SMARTS) is 1. The highest BCUT2D eigenvalue weighted by molar-refractivity contribution is 9.10. The molecule has 0 fully saturated rings. The van der Waals surface area contributed by atoms with Gasteiger partial charge < -0.3 is 9.52 Å². The molecule has 0 aliphatic carbocycles. The van der Waals surface area contributed by atoms with Crippen LogP contribution in [0.5, 0.6) is 0 Å². The average Bonchev–Trinajstić information content (AvgIpc) is 2.80. The number of aryl methyl sites for hydroxylation is 1. The van der Waals surface area contributed by atoms with Crippen LogP contribution in [0.1, 0.15) is 16.2 Å². The third-order valence-electron chi connectivity index (χ3n) is 3.05. The van der Waals surface area contributed by atoms with Crippen molar-refractivity contribution in [2.24, 2.45) is 0 Å². The van der Waals surface area contributed by atoms with Crippen LogP contribution in [0.2, 0.25) is 0 Å². The van der Waals surface area contributed by atoms with Crippen molar-refractivity contribution in [2.45, 2.75) is 6.92 Å². The largest absolute Gasteiger partial charge is 0.476 e. The number of benzene rings is 2. The number of halogens is 1. The SMILES string of the molecule is Cc1oc(-c2ccc3cc(Br)ccc3c2)nc1C(=O)O. The van der Waals surface area contributed by atoms with E-state index in [1.165, 1.54) is 0 Å². The lowest BCUT2D eigenvalue weighted by molar-refractivity contribution is 0.0689. The second kappa shape index (κ2) is 4.76. The number of fused-ring (bicyclic) bond motifs is 1. The molecule has 0 radical (unpaired) electrons. The van der Waals surface area contributed by atoms with Crippen molar-refractivity contribution in [3.05, 3.63) is 52.3 Å². The predicted molar refractivity (Wildman–Crippen MR) is 78.8 cm³/mol. The van der Waals surface area contributed by atoms with E-state index < -0.39 is 5.97 Å². The van der Waals surface area contributed by atoms with Crippen molar-refractivity contribution < 1.29 is 14.3 Å². The van der Waals surface area contributed by atoms with Crippen molar-refractivity contribution >= 4 is 32.7 Å². The summed E-state index contributed by atoms with van der Waals surface area (Å²) in [5.41, 5.74) is 0.714. The Morgan fingerprint density at radius 1 is 1.20 bits per heavy atom. The highest BCUT2D eigenvalue weighted by Gasteiger charge is 2.17. The summed E-state index contributed by atoms with van der Waals surface area (Å²) in [6.07, 6.45) is 0. The van der Waals surface area contributed by atoms with Gasteiger partial charge in [0.1, 0.15) is 5.76 Å². The van der Waals surface area contributed by atoms with Gasteiger partial charge in [-0.25, -0.2) is 9.78 Å². The monoisotopic (exact) mass is 331 g/mol. The molecule has 1 N–H and O–H groups in total. The summed E-state index contributed by atoms with van der Waals surface area (Å²) in [5.74, 6) is -0.449. The van der Waals surface area contributed by atoms with Crippen LogP contribution >= 0.6 is 15.9 Å². The number of carbonyl (C=O) groups is 1. The Balaban J connectivity index is 2.12. The third-order valence-corrected chi connectivity index (χ3v) is 3.54. The average molecular weight is 332 g/mol. The molecule has 3 aromatic rings. The zero-order chi connectivity index (χ0) is 14.3. The fourth-order valence-corrected chi connectivity index (χ4v) is 2.45. The maximum absolute atomic E-state index is 11.0. The van der Waals surface area contributed by atoms with Gasteiger partial charge in [0.25, 0.3) is 0 Å². The maximum Gasteiger partial charge on any atom is 0.358 e. The number of rotatable bonds is 2. The van der Waals surface area contributed by atoms with Crippen LogP contribution in [0.4, 0.5) is 0 Å². The number of aromatic nitrogens is 1. The molecule has 4 nitrogen and oxygen atoms in total. The van der Waals surface area contributed by atoms with Crippen LogP contribution in [-0.4, -0.2) is 16.1 Å². The first-order chi connectivity index (χ1) is 9.54. The Kier molecular flexibility index (Phi) is 3.06. The van der Waals surface area contributed by atoms with Gasteiger partial charge in [0.15, 0.2) is 5.69 Å². The van der Waals surface area contributed by atoms with E-state index in [9.17, 15) is 4.79 Å². The molecule has 0 amide bonds. The fourth-order valence-electron chi connectivity index (χ4n) is 2.07. The summed E-state index contributed by atoms with van der Waals surface area (Å²) in [7, 11) is 0. The molecule has 0 aliphatic rings. The highest BCUT2D eigenvalue weighted by atomic mass is 79.9. The minimum Gasteiger partial charge on any atom is -0.476 e. The van der Waals surface area contributed by atoms with Gasteiger partial charge in [-0.1, -0.05) is 28.1 Å². The van der Waals surface area contributed by atoms with Crippen LogP contribution < -0.4 is 0 Å². The van der Waals surface area contributed by atoms with E-state index in [4.69, 9.17) is 9.52 Å². The first-order valence-electron chi connectivity index (χ1n) is 5.95. The van der Waals surface area contributed by atoms with Gasteiger partial charge in [-0.2, -0.15) is 0 Å². The first kappa shape index (κ1) is 12.9. The Bertz CT molecular complexity index is 823. The van der Waals surface area contributed by atoms with E-state index in [0.717, 1.165) is 20.8 Å². The quantitative estimate of drug-likeness (QED) is 0.761. The van der Waals surface area contributed by atoms with Crippen molar-refractivity contribution in [2.75, 3.05) is 0 Å². The smallest absolute Gasteiger partial charge is 0.358 e. The predicted octanol–water partition coefficient (Wildman–Crippen LogP) is 4.26. The second-order valence-electron chi connectivity index (χ2n) is 4.44. The molecule has 0 atom stereocenters. The fraction of sp³-hybridized carbons (Fsp3) is 0.0667. The van der Waals surface area contributed by atoms with E-state index >= 15 is 0 Å². The molecule has 0 bridgehead atoms. The lowest BCUT2D eigenvalue weighted by atomic mass is 10.1. The van der Waals surface area contributed by atoms with Gasteiger partial charge in [-0.05, 0) is 42.0 Å². The van der Waals surface area contributed by atoms with Crippen molar-refractivity contribution in [1.29, 1.82) is 0 Å². The van der Waals surface area contributed by atoms with Crippen LogP contribution in [-0.2, 0) is 0 Å². The third kappa shape index (κ3) is 2.20. The Morgan fingerprint density at radius 2 is 1.90 bits per heavy atom. The molecular weight excluding hydrogens is 322 g/mol. The molecule has 3 rings (SSSR count). The van der Waals surface area contributed by atoms with Crippen molar-refractivity contribution in [3.63, 3.8) is 0 Å². The standard InChI is InChI=1S/C15H10BrNO3/c1-8-13(15(18)19)17-14(20-8)11-3-2-10-7-12(16)5-4-9(10)6-11/h2-7H,1H3,(H,18,19). The minimum absolute atomic E-state index is 0.0455. The zero-order valence-electron chi connectivity index (χ0n) is 10.6. The number of aromatic carboxylic acids is 1. The van der Waals surface area contributed by atoms with Gasteiger partial charge in [-0.15, -0.1) is 0 Å². The molecule has 0 saturated carbocycles. The highest BCUT2D eigenvalue weighted by Crippen LogP contribution is 2.27. The summed E-state index contributed by atoms with van der Waals surface area (Å²) >= 11 is 3.43. The Hall–Kier alpha value is -2.14. The first-order valence-corrected chi connectivity index (χ1v) is 6.74. The summed E-state index contributed by atoms with van der Waals surface area (Å²) in [4.78, 5) is 15.0. The second-order valence-corrected chi connectivity index (χ2v) is 5.35. The van der Waals surface area contributed by atoms with Crippen molar-refractivity contribution in [3.8, 4) is 11.5 Å². The molecule has 20 heavy (non-hydrogen) atoms. The number of nitrogens with zero attached hydrogens (tertiary/aromatic N) is 1. The van der Waals surface area contributed by atoms with Crippen LogP contribution in [0.3, 0.4) is 0 Å². The molecule has 0 saturated heterocycles. The molecule has 5 heteroatoms. The molecule has 1 aromatic heterocycles. The van der Waals surface area contributed by atoms with E-state index in [-0.39, 0.29) is 5.69 Å². The van der Waals surface area contributed by atoms with Gasteiger partial charge in [0, 0.05) is 10.0 Å². The number of hydrogen-bond acceptors (Lipinski definition) is 3. The zero-order valence-corrected chi connectivity index (χ0v) is 12.1. The van der Waals surface area contributed by atoms with Gasteiger partial charge >= 0.3 is 5.97 Å². The summed E-state index contributed by atoms with van der Waals surface area (Å²) in [5, 5.41) is 11.1. The Morgan fingerprint density at radius 3 is 2.60 bits per heavy atom. The van der Waals surface area contributed by atoms with E-state index in [0.29, 0.717) is 11.7 Å². The van der Waals surface area contributed by atoms with Crippen LogP contribution in [0, 0.1) is 6.92 Å². The summed E-state index contributed by atoms with van der Waals surface area (Å²) in [6, 6.07) is 11.7. The van der Waals surface area contributed by atoms with E-state index in [2.05, 4.69) is 20.9 Å². The van der Waals surface area contributed by atoms with Gasteiger partial charge in [0.2, 0.25) is 5.89 Å². The molecular formula is C15H10BrNO3.